The first-order valence-electron chi connectivity index (χ1n) is 7.62. The number of H-pyrrole nitrogens is 1. The van der Waals surface area contributed by atoms with Crippen LogP contribution in [0, 0.1) is 5.92 Å². The van der Waals surface area contributed by atoms with Crippen LogP contribution in [0.25, 0.3) is 0 Å². The summed E-state index contributed by atoms with van der Waals surface area (Å²) < 4.78 is 10.5. The third-order valence-corrected chi connectivity index (χ3v) is 3.81. The topological polar surface area (TPSA) is 89.1 Å². The van der Waals surface area contributed by atoms with Gasteiger partial charge in [0.15, 0.2) is 11.5 Å². The highest BCUT2D eigenvalue weighted by molar-refractivity contribution is 5.92. The summed E-state index contributed by atoms with van der Waals surface area (Å²) >= 11 is 0. The zero-order chi connectivity index (χ0) is 16.2. The largest absolute Gasteiger partial charge is 0.493 e. The molecule has 1 saturated carbocycles. The number of carbonyl (C=O) groups is 1. The van der Waals surface area contributed by atoms with Crippen molar-refractivity contribution in [1.29, 1.82) is 0 Å². The van der Waals surface area contributed by atoms with Gasteiger partial charge in [0.1, 0.15) is 5.82 Å². The van der Waals surface area contributed by atoms with E-state index in [2.05, 4.69) is 20.5 Å². The van der Waals surface area contributed by atoms with Crippen LogP contribution in [-0.4, -0.2) is 35.3 Å². The van der Waals surface area contributed by atoms with Crippen molar-refractivity contribution in [3.8, 4) is 11.5 Å². The zero-order valence-electron chi connectivity index (χ0n) is 13.3. The highest BCUT2D eigenvalue weighted by Gasteiger charge is 2.30. The summed E-state index contributed by atoms with van der Waals surface area (Å²) in [7, 11) is 3.23. The maximum atomic E-state index is 11.7. The predicted octanol–water partition coefficient (Wildman–Crippen LogP) is 1.96. The SMILES string of the molecule is COc1ccc(CCc2nc(NC(=O)C3CC3)n[nH]2)cc1OC. The van der Waals surface area contributed by atoms with Gasteiger partial charge in [-0.3, -0.25) is 15.2 Å². The van der Waals surface area contributed by atoms with Gasteiger partial charge in [-0.05, 0) is 37.0 Å². The second-order valence-corrected chi connectivity index (χ2v) is 5.56. The number of amides is 1. The molecule has 122 valence electrons. The number of anilines is 1. The van der Waals surface area contributed by atoms with Crippen molar-refractivity contribution in [3.05, 3.63) is 29.6 Å². The van der Waals surface area contributed by atoms with Crippen molar-refractivity contribution in [2.24, 2.45) is 5.92 Å². The molecule has 1 aliphatic carbocycles. The number of nitrogens with zero attached hydrogens (tertiary/aromatic N) is 2. The van der Waals surface area contributed by atoms with Crippen molar-refractivity contribution in [2.75, 3.05) is 19.5 Å². The standard InChI is InChI=1S/C16H20N4O3/c1-22-12-7-3-10(9-13(12)23-2)4-8-14-17-16(20-19-14)18-15(21)11-5-6-11/h3,7,9,11H,4-6,8H2,1-2H3,(H2,17,18,19,20,21). The minimum Gasteiger partial charge on any atom is -0.493 e. The van der Waals surface area contributed by atoms with Crippen LogP contribution in [0.4, 0.5) is 5.95 Å². The van der Waals surface area contributed by atoms with Crippen molar-refractivity contribution < 1.29 is 14.3 Å². The summed E-state index contributed by atoms with van der Waals surface area (Å²) in [6, 6.07) is 5.83. The first kappa shape index (κ1) is 15.3. The van der Waals surface area contributed by atoms with Gasteiger partial charge in [0.05, 0.1) is 14.2 Å². The molecule has 1 aromatic carbocycles. The molecule has 1 amide bonds. The van der Waals surface area contributed by atoms with E-state index in [1.54, 1.807) is 14.2 Å². The Bertz CT molecular complexity index is 694. The number of carbonyl (C=O) groups excluding carboxylic acids is 1. The lowest BCUT2D eigenvalue weighted by Gasteiger charge is -2.09. The first-order valence-corrected chi connectivity index (χ1v) is 7.62. The Kier molecular flexibility index (Phi) is 4.45. The number of hydrogen-bond donors (Lipinski definition) is 2. The molecule has 0 bridgehead atoms. The molecule has 1 fully saturated rings. The van der Waals surface area contributed by atoms with E-state index >= 15 is 0 Å². The monoisotopic (exact) mass is 316 g/mol. The van der Waals surface area contributed by atoms with E-state index in [-0.39, 0.29) is 11.8 Å². The molecule has 3 rings (SSSR count). The molecule has 0 aliphatic heterocycles. The van der Waals surface area contributed by atoms with E-state index in [1.807, 2.05) is 18.2 Å². The average molecular weight is 316 g/mol. The number of hydrogen-bond acceptors (Lipinski definition) is 5. The third-order valence-electron chi connectivity index (χ3n) is 3.81. The second-order valence-electron chi connectivity index (χ2n) is 5.56. The van der Waals surface area contributed by atoms with E-state index in [1.165, 1.54) is 0 Å². The Hall–Kier alpha value is -2.57. The van der Waals surface area contributed by atoms with Crippen LogP contribution in [-0.2, 0) is 17.6 Å². The normalized spacial score (nSPS) is 13.7. The van der Waals surface area contributed by atoms with Gasteiger partial charge >= 0.3 is 0 Å². The summed E-state index contributed by atoms with van der Waals surface area (Å²) in [5.74, 6) is 2.66. The van der Waals surface area contributed by atoms with Gasteiger partial charge in [0.2, 0.25) is 11.9 Å². The van der Waals surface area contributed by atoms with Crippen LogP contribution in [0.1, 0.15) is 24.2 Å². The van der Waals surface area contributed by atoms with Crippen molar-refractivity contribution >= 4 is 11.9 Å². The fourth-order valence-corrected chi connectivity index (χ4v) is 2.32. The Morgan fingerprint density at radius 2 is 2.04 bits per heavy atom. The first-order chi connectivity index (χ1) is 11.2. The molecular weight excluding hydrogens is 296 g/mol. The number of rotatable bonds is 7. The lowest BCUT2D eigenvalue weighted by molar-refractivity contribution is -0.117. The highest BCUT2D eigenvalue weighted by Crippen LogP contribution is 2.30. The molecule has 2 aromatic rings. The van der Waals surface area contributed by atoms with E-state index in [9.17, 15) is 4.79 Å². The van der Waals surface area contributed by atoms with Gasteiger partial charge in [-0.2, -0.15) is 4.98 Å². The van der Waals surface area contributed by atoms with Crippen molar-refractivity contribution in [1.82, 2.24) is 15.2 Å². The number of nitrogens with one attached hydrogen (secondary N) is 2. The molecule has 0 saturated heterocycles. The number of methoxy groups -OCH3 is 2. The van der Waals surface area contributed by atoms with Crippen molar-refractivity contribution in [2.45, 2.75) is 25.7 Å². The molecule has 23 heavy (non-hydrogen) atoms. The number of ether oxygens (including phenoxy) is 2. The summed E-state index contributed by atoms with van der Waals surface area (Å²) in [5, 5.41) is 9.61. The van der Waals surface area contributed by atoms with Gasteiger partial charge in [-0.1, -0.05) is 6.07 Å². The van der Waals surface area contributed by atoms with Crippen LogP contribution in [0.15, 0.2) is 18.2 Å². The fraction of sp³-hybridized carbons (Fsp3) is 0.438. The molecule has 7 heteroatoms. The van der Waals surface area contributed by atoms with Crippen LogP contribution in [0.5, 0.6) is 11.5 Å². The predicted molar refractivity (Wildman–Crippen MR) is 84.7 cm³/mol. The number of aromatic amines is 1. The highest BCUT2D eigenvalue weighted by atomic mass is 16.5. The van der Waals surface area contributed by atoms with E-state index in [4.69, 9.17) is 9.47 Å². The molecule has 1 heterocycles. The van der Waals surface area contributed by atoms with Gasteiger partial charge in [0.25, 0.3) is 0 Å². The van der Waals surface area contributed by atoms with Crippen LogP contribution in [0.3, 0.4) is 0 Å². The maximum Gasteiger partial charge on any atom is 0.248 e. The number of benzene rings is 1. The molecule has 2 N–H and O–H groups in total. The number of aromatic nitrogens is 3. The van der Waals surface area contributed by atoms with E-state index in [0.717, 1.165) is 30.7 Å². The third kappa shape index (κ3) is 3.80. The van der Waals surface area contributed by atoms with Gasteiger partial charge in [-0.15, -0.1) is 5.10 Å². The van der Waals surface area contributed by atoms with Gasteiger partial charge in [-0.25, -0.2) is 0 Å². The zero-order valence-corrected chi connectivity index (χ0v) is 13.3. The van der Waals surface area contributed by atoms with Gasteiger partial charge in [0, 0.05) is 12.3 Å². The second kappa shape index (κ2) is 6.68. The lowest BCUT2D eigenvalue weighted by Crippen LogP contribution is -2.14. The van der Waals surface area contributed by atoms with E-state index < -0.39 is 0 Å². The summed E-state index contributed by atoms with van der Waals surface area (Å²) in [6.45, 7) is 0. The summed E-state index contributed by atoms with van der Waals surface area (Å²) in [6.07, 6.45) is 3.40. The molecule has 0 atom stereocenters. The minimum absolute atomic E-state index is 0.00967. The smallest absolute Gasteiger partial charge is 0.248 e. The molecule has 0 radical (unpaired) electrons. The van der Waals surface area contributed by atoms with Crippen LogP contribution >= 0.6 is 0 Å². The number of aryl methyl sites for hydroxylation is 2. The Balaban J connectivity index is 1.57. The fourth-order valence-electron chi connectivity index (χ4n) is 2.32. The minimum atomic E-state index is 0.00967. The Morgan fingerprint density at radius 3 is 2.74 bits per heavy atom. The van der Waals surface area contributed by atoms with E-state index in [0.29, 0.717) is 23.9 Å². The molecule has 1 aromatic heterocycles. The maximum absolute atomic E-state index is 11.7. The van der Waals surface area contributed by atoms with Crippen LogP contribution in [0.2, 0.25) is 0 Å². The van der Waals surface area contributed by atoms with Crippen molar-refractivity contribution in [3.63, 3.8) is 0 Å². The molecule has 1 aliphatic rings. The Morgan fingerprint density at radius 1 is 1.26 bits per heavy atom. The molecule has 7 nitrogen and oxygen atoms in total. The van der Waals surface area contributed by atoms with Gasteiger partial charge < -0.3 is 9.47 Å². The lowest BCUT2D eigenvalue weighted by atomic mass is 10.1. The average Bonchev–Trinajstić information content (AvgIpc) is 3.34. The molecular formula is C16H20N4O3. The molecule has 0 spiro atoms. The summed E-state index contributed by atoms with van der Waals surface area (Å²) in [4.78, 5) is 16.0. The van der Waals surface area contributed by atoms with Crippen LogP contribution < -0.4 is 14.8 Å². The summed E-state index contributed by atoms with van der Waals surface area (Å²) in [5.41, 5.74) is 1.11. The molecule has 0 unspecified atom stereocenters. The Labute approximate surface area is 134 Å². The quantitative estimate of drug-likeness (QED) is 0.815.